The van der Waals surface area contributed by atoms with Gasteiger partial charge in [0.05, 0.1) is 0 Å². The monoisotopic (exact) mass is 419 g/mol. The van der Waals surface area contributed by atoms with Crippen molar-refractivity contribution in [2.45, 2.75) is 67.9 Å². The number of alkyl halides is 1. The average molecular weight is 420 g/mol. The van der Waals surface area contributed by atoms with Gasteiger partial charge in [0.15, 0.2) is 5.96 Å². The minimum absolute atomic E-state index is 0.0154. The number of fused-ring (bicyclic) bond motifs is 3. The third kappa shape index (κ3) is 5.44. The number of carbonyl (C=O) groups excluding carboxylic acids is 1. The van der Waals surface area contributed by atoms with Gasteiger partial charge in [0.1, 0.15) is 6.23 Å². The Bertz CT molecular complexity index is 715. The summed E-state index contributed by atoms with van der Waals surface area (Å²) in [5.41, 5.74) is 12.6. The molecule has 1 atom stereocenters. The number of nitrogens with one attached hydrogen (secondary N) is 1. The summed E-state index contributed by atoms with van der Waals surface area (Å²) in [5, 5.41) is 11.7. The SMILES string of the molecule is NC(N)=NCCC[C@H](NC(=O)c1ccc(C23CCC(Cl)(CC2)CC3)cc1)O[B]O. The molecule has 0 spiro atoms. The summed E-state index contributed by atoms with van der Waals surface area (Å²) in [6.07, 6.45) is 6.92. The van der Waals surface area contributed by atoms with Gasteiger partial charge in [-0.1, -0.05) is 12.1 Å². The van der Waals surface area contributed by atoms with Crippen LogP contribution < -0.4 is 16.8 Å². The van der Waals surface area contributed by atoms with Gasteiger partial charge in [-0.3, -0.25) is 9.79 Å². The van der Waals surface area contributed by atoms with Crippen LogP contribution in [-0.2, 0) is 10.1 Å². The van der Waals surface area contributed by atoms with Crippen LogP contribution in [0.25, 0.3) is 0 Å². The lowest BCUT2D eigenvalue weighted by Gasteiger charge is -2.51. The number of guanidine groups is 1. The maximum absolute atomic E-state index is 12.6. The van der Waals surface area contributed by atoms with Crippen LogP contribution in [0, 0.1) is 0 Å². The highest BCUT2D eigenvalue weighted by Crippen LogP contribution is 2.56. The van der Waals surface area contributed by atoms with Gasteiger partial charge < -0.3 is 26.5 Å². The number of nitrogens with two attached hydrogens (primary N) is 2. The number of benzene rings is 1. The minimum Gasteiger partial charge on any atom is -0.429 e. The van der Waals surface area contributed by atoms with Gasteiger partial charge >= 0.3 is 7.69 Å². The molecule has 4 rings (SSSR count). The number of nitrogens with zero attached hydrogens (tertiary/aromatic N) is 1. The maximum Gasteiger partial charge on any atom is 0.486 e. The number of halogens is 1. The fourth-order valence-electron chi connectivity index (χ4n) is 4.51. The van der Waals surface area contributed by atoms with E-state index in [1.807, 2.05) is 12.1 Å². The molecule has 0 heterocycles. The van der Waals surface area contributed by atoms with Crippen molar-refractivity contribution in [1.29, 1.82) is 0 Å². The quantitative estimate of drug-likeness (QED) is 0.122. The molecule has 1 amide bonds. The molecule has 1 radical (unpaired) electrons. The van der Waals surface area contributed by atoms with Crippen molar-refractivity contribution in [2.24, 2.45) is 16.5 Å². The van der Waals surface area contributed by atoms with Crippen molar-refractivity contribution < 1.29 is 14.5 Å². The maximum atomic E-state index is 12.6. The third-order valence-electron chi connectivity index (χ3n) is 6.35. The van der Waals surface area contributed by atoms with Crippen molar-refractivity contribution in [3.8, 4) is 0 Å². The molecule has 6 N–H and O–H groups in total. The van der Waals surface area contributed by atoms with Gasteiger partial charge in [-0.15, -0.1) is 11.6 Å². The van der Waals surface area contributed by atoms with Crippen LogP contribution in [0.4, 0.5) is 0 Å². The molecule has 157 valence electrons. The molecule has 0 unspecified atom stereocenters. The van der Waals surface area contributed by atoms with E-state index in [2.05, 4.69) is 22.4 Å². The van der Waals surface area contributed by atoms with E-state index >= 15 is 0 Å². The first kappa shape index (κ1) is 21.9. The van der Waals surface area contributed by atoms with E-state index in [9.17, 15) is 4.79 Å². The molecule has 3 saturated carbocycles. The van der Waals surface area contributed by atoms with Crippen molar-refractivity contribution in [3.63, 3.8) is 0 Å². The molecular formula is C20H29BClN4O3. The van der Waals surface area contributed by atoms with E-state index in [0.717, 1.165) is 38.5 Å². The first-order valence-electron chi connectivity index (χ1n) is 10.1. The van der Waals surface area contributed by atoms with Crippen LogP contribution in [0.2, 0.25) is 0 Å². The van der Waals surface area contributed by atoms with Gasteiger partial charge in [0.2, 0.25) is 0 Å². The van der Waals surface area contributed by atoms with Crippen molar-refractivity contribution in [3.05, 3.63) is 35.4 Å². The highest BCUT2D eigenvalue weighted by molar-refractivity contribution is 6.24. The summed E-state index contributed by atoms with van der Waals surface area (Å²) in [6, 6.07) is 7.84. The Kier molecular flexibility index (Phi) is 7.08. The fourth-order valence-corrected chi connectivity index (χ4v) is 4.79. The normalized spacial score (nSPS) is 26.6. The summed E-state index contributed by atoms with van der Waals surface area (Å²) in [6.45, 7) is 0.420. The van der Waals surface area contributed by atoms with E-state index in [4.69, 9.17) is 32.7 Å². The second-order valence-corrected chi connectivity index (χ2v) is 8.96. The van der Waals surface area contributed by atoms with Crippen LogP contribution in [0.3, 0.4) is 0 Å². The van der Waals surface area contributed by atoms with Gasteiger partial charge in [-0.2, -0.15) is 0 Å². The average Bonchev–Trinajstić information content (AvgIpc) is 2.72. The number of hydrogen-bond donors (Lipinski definition) is 4. The lowest BCUT2D eigenvalue weighted by Crippen LogP contribution is -2.45. The highest BCUT2D eigenvalue weighted by Gasteiger charge is 2.48. The number of hydrogen-bond acceptors (Lipinski definition) is 4. The first-order chi connectivity index (χ1) is 13.9. The molecule has 3 aliphatic carbocycles. The smallest absolute Gasteiger partial charge is 0.429 e. The zero-order valence-electron chi connectivity index (χ0n) is 16.6. The largest absolute Gasteiger partial charge is 0.486 e. The van der Waals surface area contributed by atoms with Gasteiger partial charge in [0, 0.05) is 17.0 Å². The van der Waals surface area contributed by atoms with Crippen molar-refractivity contribution in [2.75, 3.05) is 6.54 Å². The Hall–Kier alpha value is -1.77. The van der Waals surface area contributed by atoms with Crippen molar-refractivity contribution >= 4 is 31.2 Å². The van der Waals surface area contributed by atoms with E-state index < -0.39 is 6.23 Å². The van der Waals surface area contributed by atoms with Gasteiger partial charge in [-0.05, 0) is 74.5 Å². The van der Waals surface area contributed by atoms with E-state index in [0.29, 0.717) is 32.6 Å². The zero-order valence-corrected chi connectivity index (χ0v) is 17.3. The van der Waals surface area contributed by atoms with Crippen LogP contribution in [-0.4, -0.2) is 42.2 Å². The van der Waals surface area contributed by atoms with Crippen LogP contribution >= 0.6 is 11.6 Å². The molecular weight excluding hydrogens is 391 g/mol. The van der Waals surface area contributed by atoms with E-state index in [1.165, 1.54) is 5.56 Å². The second-order valence-electron chi connectivity index (χ2n) is 8.16. The Morgan fingerprint density at radius 3 is 2.38 bits per heavy atom. The molecule has 7 nitrogen and oxygen atoms in total. The summed E-state index contributed by atoms with van der Waals surface area (Å²) < 4.78 is 5.08. The van der Waals surface area contributed by atoms with Gasteiger partial charge in [-0.25, -0.2) is 0 Å². The van der Waals surface area contributed by atoms with E-state index in [-0.39, 0.29) is 22.2 Å². The molecule has 29 heavy (non-hydrogen) atoms. The summed E-state index contributed by atoms with van der Waals surface area (Å²) in [4.78, 5) is 16.5. The predicted octanol–water partition coefficient (Wildman–Crippen LogP) is 1.92. The predicted molar refractivity (Wildman–Crippen MR) is 115 cm³/mol. The lowest BCUT2D eigenvalue weighted by molar-refractivity contribution is 0.0792. The van der Waals surface area contributed by atoms with Crippen LogP contribution in [0.1, 0.15) is 67.3 Å². The lowest BCUT2D eigenvalue weighted by atomic mass is 9.57. The highest BCUT2D eigenvalue weighted by atomic mass is 35.5. The molecule has 0 aliphatic heterocycles. The zero-order chi connectivity index (χ0) is 20.9. The Labute approximate surface area is 177 Å². The third-order valence-corrected chi connectivity index (χ3v) is 6.92. The molecule has 0 aromatic heterocycles. The molecule has 3 fully saturated rings. The van der Waals surface area contributed by atoms with Gasteiger partial charge in [0.25, 0.3) is 5.91 Å². The van der Waals surface area contributed by atoms with E-state index in [1.54, 1.807) is 0 Å². The fraction of sp³-hybridized carbons (Fsp3) is 0.600. The second kappa shape index (κ2) is 9.37. The molecule has 0 saturated heterocycles. The minimum atomic E-state index is -0.659. The Morgan fingerprint density at radius 2 is 1.83 bits per heavy atom. The first-order valence-corrected chi connectivity index (χ1v) is 10.5. The number of carbonyl (C=O) groups is 1. The van der Waals surface area contributed by atoms with Crippen LogP contribution in [0.15, 0.2) is 29.3 Å². The summed E-state index contributed by atoms with van der Waals surface area (Å²) in [7, 11) is 0.580. The molecule has 1 aromatic rings. The summed E-state index contributed by atoms with van der Waals surface area (Å²) in [5.74, 6) is -0.234. The van der Waals surface area contributed by atoms with Crippen LogP contribution in [0.5, 0.6) is 0 Å². The number of aliphatic imine (C=N–C) groups is 1. The topological polar surface area (TPSA) is 123 Å². The standard InChI is InChI=1S/C20H29BClN4O3/c22-20-10-7-19(8-11-20,9-12-20)15-5-3-14(4-6-15)17(27)26-16(29-21-28)2-1-13-25-18(23)24/h3-6,16,28H,1-2,7-13H2,(H,26,27)(H4,23,24,25)/t16-,19?,20?/m1/s1. The molecule has 9 heteroatoms. The molecule has 3 aliphatic rings. The molecule has 1 aromatic carbocycles. The van der Waals surface area contributed by atoms with Crippen molar-refractivity contribution in [1.82, 2.24) is 5.32 Å². The Morgan fingerprint density at radius 1 is 1.21 bits per heavy atom. The summed E-state index contributed by atoms with van der Waals surface area (Å²) >= 11 is 6.64. The number of rotatable bonds is 9. The Balaban J connectivity index is 1.58. The molecule has 2 bridgehead atoms. The number of amides is 1.